The number of carbonyl (C=O) groups is 1. The van der Waals surface area contributed by atoms with E-state index in [1.165, 1.54) is 0 Å². The van der Waals surface area contributed by atoms with Gasteiger partial charge in [-0.3, -0.25) is 4.79 Å². The maximum atomic E-state index is 12.8. The third kappa shape index (κ3) is 3.51. The van der Waals surface area contributed by atoms with E-state index in [2.05, 4.69) is 10.3 Å². The maximum absolute atomic E-state index is 12.8. The van der Waals surface area contributed by atoms with Crippen LogP contribution in [0.15, 0.2) is 29.6 Å². The van der Waals surface area contributed by atoms with Crippen molar-refractivity contribution >= 4 is 35.3 Å². The number of amides is 1. The van der Waals surface area contributed by atoms with Crippen molar-refractivity contribution in [2.75, 3.05) is 11.9 Å². The number of hydrogen-bond acceptors (Lipinski definition) is 5. The van der Waals surface area contributed by atoms with Gasteiger partial charge in [-0.05, 0) is 26.0 Å². The summed E-state index contributed by atoms with van der Waals surface area (Å²) >= 11 is 1.61. The highest BCUT2D eigenvalue weighted by Gasteiger charge is 2.62. The average molecular weight is 396 g/mol. The van der Waals surface area contributed by atoms with Crippen LogP contribution in [0.1, 0.15) is 32.2 Å². The van der Waals surface area contributed by atoms with E-state index in [0.717, 1.165) is 22.0 Å². The second-order valence-electron chi connectivity index (χ2n) is 7.13. The van der Waals surface area contributed by atoms with Gasteiger partial charge in [-0.25, -0.2) is 4.98 Å². The molecule has 26 heavy (non-hydrogen) atoms. The zero-order valence-corrected chi connectivity index (χ0v) is 17.2. The lowest BCUT2D eigenvalue weighted by Crippen LogP contribution is -2.74. The van der Waals surface area contributed by atoms with Gasteiger partial charge in [0.15, 0.2) is 0 Å². The average Bonchev–Trinajstić information content (AvgIpc) is 3.01. The fourth-order valence-electron chi connectivity index (χ4n) is 3.32. The van der Waals surface area contributed by atoms with Crippen LogP contribution in [-0.2, 0) is 9.53 Å². The lowest BCUT2D eigenvalue weighted by Gasteiger charge is -2.57. The Hall–Kier alpha value is -1.47. The molecule has 0 radical (unpaired) electrons. The van der Waals surface area contributed by atoms with E-state index in [1.807, 2.05) is 57.3 Å². The molecule has 0 saturated heterocycles. The minimum absolute atomic E-state index is 0. The zero-order valence-electron chi connectivity index (χ0n) is 15.5. The summed E-state index contributed by atoms with van der Waals surface area (Å²) in [5.74, 6) is -0.167. The summed E-state index contributed by atoms with van der Waals surface area (Å²) in [6.07, 6.45) is 0.544. The van der Waals surface area contributed by atoms with E-state index in [1.54, 1.807) is 11.3 Å². The Kier molecular flexibility index (Phi) is 6.13. The second-order valence-corrected chi connectivity index (χ2v) is 8.19. The lowest BCUT2D eigenvalue weighted by molar-refractivity contribution is -0.166. The topological polar surface area (TPSA) is 77.2 Å². The van der Waals surface area contributed by atoms with E-state index in [0.29, 0.717) is 13.0 Å². The van der Waals surface area contributed by atoms with Gasteiger partial charge in [-0.2, -0.15) is 0 Å². The van der Waals surface area contributed by atoms with Crippen molar-refractivity contribution < 1.29 is 9.53 Å². The number of ether oxygens (including phenoxy) is 1. The molecule has 0 spiro atoms. The Morgan fingerprint density at radius 1 is 1.46 bits per heavy atom. The summed E-state index contributed by atoms with van der Waals surface area (Å²) in [4.78, 5) is 17.3. The fraction of sp³-hybridized carbons (Fsp3) is 0.474. The molecule has 1 saturated carbocycles. The van der Waals surface area contributed by atoms with Crippen LogP contribution in [0, 0.1) is 12.3 Å². The number of nitrogens with zero attached hydrogens (tertiary/aromatic N) is 1. The van der Waals surface area contributed by atoms with Crippen LogP contribution in [0.5, 0.6) is 0 Å². The quantitative estimate of drug-likeness (QED) is 0.801. The number of carbonyl (C=O) groups excluding carboxylic acids is 1. The van der Waals surface area contributed by atoms with Crippen molar-refractivity contribution in [2.45, 2.75) is 45.8 Å². The number of halogens is 1. The van der Waals surface area contributed by atoms with Crippen LogP contribution in [0.4, 0.5) is 5.69 Å². The van der Waals surface area contributed by atoms with Crippen LogP contribution in [0.3, 0.4) is 0 Å². The number of nitrogens with one attached hydrogen (secondary N) is 1. The summed E-state index contributed by atoms with van der Waals surface area (Å²) in [6, 6.07) is 7.70. The molecular weight excluding hydrogens is 370 g/mol. The van der Waals surface area contributed by atoms with Crippen molar-refractivity contribution in [1.29, 1.82) is 0 Å². The highest BCUT2D eigenvalue weighted by atomic mass is 35.5. The Labute approximate surface area is 164 Å². The molecule has 1 aliphatic rings. The van der Waals surface area contributed by atoms with Gasteiger partial charge in [-0.1, -0.05) is 26.0 Å². The van der Waals surface area contributed by atoms with Gasteiger partial charge in [0.25, 0.3) is 0 Å². The zero-order chi connectivity index (χ0) is 18.2. The van der Waals surface area contributed by atoms with Gasteiger partial charge in [0.1, 0.15) is 5.54 Å². The molecule has 2 atom stereocenters. The molecule has 1 heterocycles. The Morgan fingerprint density at radius 2 is 2.19 bits per heavy atom. The number of hydrogen-bond donors (Lipinski definition) is 2. The fourth-order valence-corrected chi connectivity index (χ4v) is 3.94. The molecule has 2 unspecified atom stereocenters. The van der Waals surface area contributed by atoms with Crippen molar-refractivity contribution in [3.05, 3.63) is 34.7 Å². The molecule has 7 heteroatoms. The van der Waals surface area contributed by atoms with Crippen molar-refractivity contribution in [1.82, 2.24) is 4.98 Å². The molecule has 3 N–H and O–H groups in total. The molecular formula is C19H26ClN3O2S. The largest absolute Gasteiger partial charge is 0.378 e. The van der Waals surface area contributed by atoms with Gasteiger partial charge >= 0.3 is 0 Å². The van der Waals surface area contributed by atoms with E-state index in [4.69, 9.17) is 10.5 Å². The highest BCUT2D eigenvalue weighted by Crippen LogP contribution is 2.50. The first-order valence-corrected chi connectivity index (χ1v) is 9.40. The maximum Gasteiger partial charge on any atom is 0.245 e. The van der Waals surface area contributed by atoms with Crippen molar-refractivity contribution in [3.63, 3.8) is 0 Å². The smallest absolute Gasteiger partial charge is 0.245 e. The highest BCUT2D eigenvalue weighted by molar-refractivity contribution is 7.09. The third-order valence-electron chi connectivity index (χ3n) is 5.27. The number of benzene rings is 1. The van der Waals surface area contributed by atoms with Crippen molar-refractivity contribution in [3.8, 4) is 11.3 Å². The predicted octanol–water partition coefficient (Wildman–Crippen LogP) is 4.01. The Morgan fingerprint density at radius 3 is 2.77 bits per heavy atom. The standard InChI is InChI=1S/C19H25N3O2S.ClH/c1-5-24-16-10-19(20,18(16,3)4)17(23)22-14-8-6-7-13(9-14)15-11-25-12(2)21-15;/h6-9,11,16H,5,10,20H2,1-4H3,(H,22,23);1H. The minimum Gasteiger partial charge on any atom is -0.378 e. The molecule has 1 aromatic carbocycles. The third-order valence-corrected chi connectivity index (χ3v) is 6.04. The molecule has 1 aliphatic carbocycles. The van der Waals surface area contributed by atoms with Crippen LogP contribution < -0.4 is 11.1 Å². The van der Waals surface area contributed by atoms with Crippen LogP contribution in [-0.4, -0.2) is 29.1 Å². The SMILES string of the molecule is CCOC1CC(N)(C(=O)Nc2cccc(-c3csc(C)n3)c2)C1(C)C.Cl. The van der Waals surface area contributed by atoms with Crippen LogP contribution >= 0.6 is 23.7 Å². The number of thiazole rings is 1. The summed E-state index contributed by atoms with van der Waals surface area (Å²) in [5.41, 5.74) is 7.73. The molecule has 5 nitrogen and oxygen atoms in total. The second kappa shape index (κ2) is 7.64. The van der Waals surface area contributed by atoms with Crippen molar-refractivity contribution in [2.24, 2.45) is 11.1 Å². The molecule has 1 fully saturated rings. The molecule has 0 bridgehead atoms. The van der Waals surface area contributed by atoms with Gasteiger partial charge in [0.2, 0.25) is 5.91 Å². The van der Waals surface area contributed by atoms with Gasteiger partial charge in [0, 0.05) is 35.1 Å². The molecule has 0 aliphatic heterocycles. The first-order chi connectivity index (χ1) is 11.8. The molecule has 142 valence electrons. The van der Waals surface area contributed by atoms with E-state index < -0.39 is 11.0 Å². The first kappa shape index (κ1) is 20.8. The molecule has 3 rings (SSSR count). The minimum atomic E-state index is -0.930. The van der Waals surface area contributed by atoms with E-state index in [9.17, 15) is 4.79 Å². The van der Waals surface area contributed by atoms with Crippen LogP contribution in [0.2, 0.25) is 0 Å². The summed E-state index contributed by atoms with van der Waals surface area (Å²) in [5, 5.41) is 6.01. The Balaban J connectivity index is 0.00000243. The van der Waals surface area contributed by atoms with Crippen LogP contribution in [0.25, 0.3) is 11.3 Å². The summed E-state index contributed by atoms with van der Waals surface area (Å²) < 4.78 is 5.70. The lowest BCUT2D eigenvalue weighted by atomic mass is 9.54. The monoisotopic (exact) mass is 395 g/mol. The van der Waals surface area contributed by atoms with E-state index >= 15 is 0 Å². The summed E-state index contributed by atoms with van der Waals surface area (Å²) in [7, 11) is 0. The number of nitrogens with two attached hydrogens (primary N) is 1. The number of anilines is 1. The number of rotatable bonds is 5. The normalized spacial score (nSPS) is 23.7. The number of aryl methyl sites for hydroxylation is 1. The van der Waals surface area contributed by atoms with E-state index in [-0.39, 0.29) is 24.4 Å². The van der Waals surface area contributed by atoms with Gasteiger partial charge < -0.3 is 15.8 Å². The van der Waals surface area contributed by atoms with Gasteiger partial charge in [0.05, 0.1) is 16.8 Å². The molecule has 1 aromatic heterocycles. The molecule has 1 amide bonds. The first-order valence-electron chi connectivity index (χ1n) is 8.52. The predicted molar refractivity (Wildman–Crippen MR) is 109 cm³/mol. The van der Waals surface area contributed by atoms with Gasteiger partial charge in [-0.15, -0.1) is 23.7 Å². The Bertz CT molecular complexity index is 793. The number of aromatic nitrogens is 1. The summed E-state index contributed by atoms with van der Waals surface area (Å²) in [6.45, 7) is 8.54. The molecule has 2 aromatic rings.